The van der Waals surface area contributed by atoms with E-state index < -0.39 is 17.9 Å². The van der Waals surface area contributed by atoms with E-state index in [4.69, 9.17) is 23.2 Å². The van der Waals surface area contributed by atoms with Gasteiger partial charge < -0.3 is 5.32 Å². The number of alkyl halides is 4. The molecule has 1 atom stereocenters. The first kappa shape index (κ1) is 20.3. The summed E-state index contributed by atoms with van der Waals surface area (Å²) in [5, 5.41) is 2.90. The summed E-state index contributed by atoms with van der Waals surface area (Å²) in [5.41, 5.74) is -0.979. The van der Waals surface area contributed by atoms with Crippen LogP contribution in [0.1, 0.15) is 36.3 Å². The van der Waals surface area contributed by atoms with Gasteiger partial charge in [0.05, 0.1) is 11.3 Å². The topological polar surface area (TPSA) is 37.8 Å². The van der Waals surface area contributed by atoms with Crippen LogP contribution >= 0.6 is 23.2 Å². The Morgan fingerprint density at radius 1 is 1.23 bits per heavy atom. The molecule has 2 aromatic rings. The fourth-order valence-electron chi connectivity index (χ4n) is 2.05. The van der Waals surface area contributed by atoms with Gasteiger partial charge in [0, 0.05) is 23.6 Å². The Labute approximate surface area is 157 Å². The number of nitrogens with one attached hydrogen (secondary N) is 1. The van der Waals surface area contributed by atoms with Crippen LogP contribution in [0.15, 0.2) is 24.5 Å². The predicted octanol–water partition coefficient (Wildman–Crippen LogP) is 5.69. The van der Waals surface area contributed by atoms with E-state index in [2.05, 4.69) is 27.1 Å². The largest absolute Gasteiger partial charge is 0.417 e. The average molecular weight is 406 g/mol. The molecule has 138 valence electrons. The first-order chi connectivity index (χ1) is 12.2. The Morgan fingerprint density at radius 3 is 2.62 bits per heavy atom. The molecule has 1 aromatic carbocycles. The van der Waals surface area contributed by atoms with Crippen LogP contribution in [-0.4, -0.2) is 16.5 Å². The van der Waals surface area contributed by atoms with Crippen LogP contribution in [0.25, 0.3) is 0 Å². The quantitative estimate of drug-likeness (QED) is 0.403. The van der Waals surface area contributed by atoms with Crippen LogP contribution in [0.2, 0.25) is 10.0 Å². The minimum absolute atomic E-state index is 0.0131. The molecule has 0 radical (unpaired) electrons. The zero-order chi connectivity index (χ0) is 19.3. The lowest BCUT2D eigenvalue weighted by molar-refractivity contribution is -0.137. The van der Waals surface area contributed by atoms with E-state index in [0.29, 0.717) is 0 Å². The van der Waals surface area contributed by atoms with Crippen molar-refractivity contribution in [3.05, 3.63) is 51.4 Å². The second-order valence-electron chi connectivity index (χ2n) is 5.20. The van der Waals surface area contributed by atoms with Crippen LogP contribution in [0.5, 0.6) is 0 Å². The lowest BCUT2D eigenvalue weighted by atomic mass is 10.1. The SMILES string of the molecule is CC(F)c1ncnc(NCCC#Cc2ccc(Cl)cc2C(F)(F)F)c1Cl. The number of hydrogen-bond donors (Lipinski definition) is 1. The Kier molecular flexibility index (Phi) is 6.68. The number of rotatable bonds is 4. The first-order valence-corrected chi connectivity index (χ1v) is 8.19. The number of halogens is 6. The summed E-state index contributed by atoms with van der Waals surface area (Å²) in [6.45, 7) is 1.56. The van der Waals surface area contributed by atoms with E-state index in [9.17, 15) is 17.6 Å². The standard InChI is InChI=1S/C17H13Cl2F4N3/c1-10(20)15-14(19)16(26-9-25-15)24-7-3-2-4-11-5-6-12(18)8-13(11)17(21,22)23/h5-6,8-10H,3,7H2,1H3,(H,24,25,26). The highest BCUT2D eigenvalue weighted by molar-refractivity contribution is 6.33. The molecule has 0 aliphatic carbocycles. The molecular weight excluding hydrogens is 393 g/mol. The lowest BCUT2D eigenvalue weighted by Crippen LogP contribution is -2.08. The molecule has 1 N–H and O–H groups in total. The van der Waals surface area contributed by atoms with Gasteiger partial charge in [-0.1, -0.05) is 35.0 Å². The van der Waals surface area contributed by atoms with Crippen molar-refractivity contribution in [3.8, 4) is 11.8 Å². The molecule has 0 saturated heterocycles. The lowest BCUT2D eigenvalue weighted by Gasteiger charge is -2.10. The van der Waals surface area contributed by atoms with E-state index in [0.717, 1.165) is 6.07 Å². The third kappa shape index (κ3) is 5.23. The van der Waals surface area contributed by atoms with E-state index in [1.54, 1.807) is 0 Å². The van der Waals surface area contributed by atoms with Gasteiger partial charge in [-0.25, -0.2) is 14.4 Å². The van der Waals surface area contributed by atoms with Gasteiger partial charge >= 0.3 is 6.18 Å². The van der Waals surface area contributed by atoms with Gasteiger partial charge in [-0.15, -0.1) is 0 Å². The maximum absolute atomic E-state index is 13.3. The van der Waals surface area contributed by atoms with E-state index in [1.807, 2.05) is 0 Å². The normalized spacial score (nSPS) is 12.3. The summed E-state index contributed by atoms with van der Waals surface area (Å²) in [6, 6.07) is 3.41. The van der Waals surface area contributed by atoms with Gasteiger partial charge in [0.1, 0.15) is 23.3 Å². The fraction of sp³-hybridized carbons (Fsp3) is 0.294. The van der Waals surface area contributed by atoms with Crippen molar-refractivity contribution in [1.82, 2.24) is 9.97 Å². The molecule has 0 saturated carbocycles. The smallest absolute Gasteiger partial charge is 0.368 e. The van der Waals surface area contributed by atoms with Gasteiger partial charge in [-0.2, -0.15) is 13.2 Å². The summed E-state index contributed by atoms with van der Waals surface area (Å²) in [6.07, 6.45) is -4.49. The number of nitrogens with zero attached hydrogens (tertiary/aromatic N) is 2. The highest BCUT2D eigenvalue weighted by Gasteiger charge is 2.33. The zero-order valence-electron chi connectivity index (χ0n) is 13.5. The molecular formula is C17H13Cl2F4N3. The van der Waals surface area contributed by atoms with Crippen molar-refractivity contribution >= 4 is 29.0 Å². The highest BCUT2D eigenvalue weighted by atomic mass is 35.5. The van der Waals surface area contributed by atoms with Crippen LogP contribution in [0, 0.1) is 11.8 Å². The van der Waals surface area contributed by atoms with E-state index >= 15 is 0 Å². The molecule has 3 nitrogen and oxygen atoms in total. The first-order valence-electron chi connectivity index (χ1n) is 7.44. The maximum Gasteiger partial charge on any atom is 0.417 e. The molecule has 1 heterocycles. The number of benzene rings is 1. The van der Waals surface area contributed by atoms with Gasteiger partial charge in [0.15, 0.2) is 0 Å². The minimum Gasteiger partial charge on any atom is -0.368 e. The minimum atomic E-state index is -4.54. The summed E-state index contributed by atoms with van der Waals surface area (Å²) >= 11 is 11.6. The number of hydrogen-bond acceptors (Lipinski definition) is 3. The van der Waals surface area contributed by atoms with Crippen LogP contribution < -0.4 is 5.32 Å². The van der Waals surface area contributed by atoms with Crippen LogP contribution in [0.4, 0.5) is 23.4 Å². The second kappa shape index (κ2) is 8.56. The van der Waals surface area contributed by atoms with Gasteiger partial charge in [0.2, 0.25) is 0 Å². The fourth-order valence-corrected chi connectivity index (χ4v) is 2.53. The molecule has 9 heteroatoms. The summed E-state index contributed by atoms with van der Waals surface area (Å²) in [7, 11) is 0. The zero-order valence-corrected chi connectivity index (χ0v) is 15.0. The third-order valence-corrected chi connectivity index (χ3v) is 3.85. The Hall–Kier alpha value is -2.04. The molecule has 2 rings (SSSR count). The van der Waals surface area contributed by atoms with Crippen molar-refractivity contribution in [2.45, 2.75) is 25.7 Å². The Bertz CT molecular complexity index is 842. The highest BCUT2D eigenvalue weighted by Crippen LogP contribution is 2.33. The summed E-state index contributed by atoms with van der Waals surface area (Å²) in [4.78, 5) is 7.66. The molecule has 0 amide bonds. The second-order valence-corrected chi connectivity index (χ2v) is 6.02. The molecule has 1 aromatic heterocycles. The van der Waals surface area contributed by atoms with Crippen molar-refractivity contribution in [1.29, 1.82) is 0 Å². The molecule has 0 fully saturated rings. The third-order valence-electron chi connectivity index (χ3n) is 3.25. The average Bonchev–Trinajstić information content (AvgIpc) is 2.56. The van der Waals surface area contributed by atoms with Gasteiger partial charge in [-0.05, 0) is 25.1 Å². The van der Waals surface area contributed by atoms with Crippen LogP contribution in [0.3, 0.4) is 0 Å². The Morgan fingerprint density at radius 2 is 1.96 bits per heavy atom. The summed E-state index contributed by atoms with van der Waals surface area (Å²) < 4.78 is 52.3. The molecule has 0 bridgehead atoms. The monoisotopic (exact) mass is 405 g/mol. The van der Waals surface area contributed by atoms with Crippen molar-refractivity contribution in [2.24, 2.45) is 0 Å². The van der Waals surface area contributed by atoms with E-state index in [1.165, 1.54) is 25.4 Å². The van der Waals surface area contributed by atoms with Crippen molar-refractivity contribution < 1.29 is 17.6 Å². The molecule has 1 unspecified atom stereocenters. The van der Waals surface area contributed by atoms with Gasteiger partial charge in [0.25, 0.3) is 0 Å². The predicted molar refractivity (Wildman–Crippen MR) is 93.0 cm³/mol. The number of anilines is 1. The van der Waals surface area contributed by atoms with Crippen molar-refractivity contribution in [3.63, 3.8) is 0 Å². The molecule has 0 aliphatic heterocycles. The van der Waals surface area contributed by atoms with E-state index in [-0.39, 0.29) is 40.1 Å². The number of aromatic nitrogens is 2. The molecule has 0 aliphatic rings. The molecule has 26 heavy (non-hydrogen) atoms. The van der Waals surface area contributed by atoms with Crippen molar-refractivity contribution in [2.75, 3.05) is 11.9 Å². The van der Waals surface area contributed by atoms with Crippen LogP contribution in [-0.2, 0) is 6.18 Å². The van der Waals surface area contributed by atoms with Gasteiger partial charge in [-0.3, -0.25) is 0 Å². The Balaban J connectivity index is 2.04. The maximum atomic E-state index is 13.3. The molecule has 0 spiro atoms. The summed E-state index contributed by atoms with van der Waals surface area (Å²) in [5.74, 6) is 5.37.